The number of aryl methyl sites for hydroxylation is 1. The summed E-state index contributed by atoms with van der Waals surface area (Å²) in [4.78, 5) is 12.1. The molecule has 0 radical (unpaired) electrons. The Labute approximate surface area is 162 Å². The van der Waals surface area contributed by atoms with Gasteiger partial charge >= 0.3 is 0 Å². The Morgan fingerprint density at radius 2 is 1.38 bits per heavy atom. The lowest BCUT2D eigenvalue weighted by molar-refractivity contribution is 0.0979. The summed E-state index contributed by atoms with van der Waals surface area (Å²) in [7, 11) is 0. The quantitative estimate of drug-likeness (QED) is 0.166. The summed E-state index contributed by atoms with van der Waals surface area (Å²) in [5, 5.41) is 0. The summed E-state index contributed by atoms with van der Waals surface area (Å²) in [6, 6.07) is 7.95. The predicted molar refractivity (Wildman–Crippen MR) is 115 cm³/mol. The van der Waals surface area contributed by atoms with Gasteiger partial charge in [0.25, 0.3) is 0 Å². The summed E-state index contributed by atoms with van der Waals surface area (Å²) >= 11 is 0. The highest BCUT2D eigenvalue weighted by molar-refractivity contribution is 5.96. The van der Waals surface area contributed by atoms with Crippen molar-refractivity contribution in [2.45, 2.75) is 104 Å². The second kappa shape index (κ2) is 15.9. The number of unbranched alkanes of at least 4 members (excludes halogenated alkanes) is 11. The summed E-state index contributed by atoms with van der Waals surface area (Å²) < 4.78 is 0. The zero-order valence-electron chi connectivity index (χ0n) is 17.3. The maximum absolute atomic E-state index is 12.1. The van der Waals surface area contributed by atoms with Crippen molar-refractivity contribution in [1.29, 1.82) is 0 Å². The average molecular weight is 357 g/mol. The second-order valence-electron chi connectivity index (χ2n) is 7.63. The summed E-state index contributed by atoms with van der Waals surface area (Å²) in [6.07, 6.45) is 22.3. The van der Waals surface area contributed by atoms with Crippen LogP contribution in [-0.2, 0) is 0 Å². The van der Waals surface area contributed by atoms with Crippen molar-refractivity contribution in [2.75, 3.05) is 0 Å². The maximum Gasteiger partial charge on any atom is 0.162 e. The minimum atomic E-state index is 0.298. The van der Waals surface area contributed by atoms with Crippen LogP contribution in [0.25, 0.3) is 0 Å². The molecular formula is C25H40O. The van der Waals surface area contributed by atoms with E-state index in [4.69, 9.17) is 0 Å². The third-order valence-corrected chi connectivity index (χ3v) is 5.01. The summed E-state index contributed by atoms with van der Waals surface area (Å²) in [5.74, 6) is 0.298. The van der Waals surface area contributed by atoms with Gasteiger partial charge in [-0.25, -0.2) is 0 Å². The molecule has 0 heterocycles. The first kappa shape index (κ1) is 22.7. The van der Waals surface area contributed by atoms with Crippen LogP contribution in [0.15, 0.2) is 36.4 Å². The molecule has 0 saturated carbocycles. The van der Waals surface area contributed by atoms with Crippen LogP contribution in [0.1, 0.15) is 113 Å². The molecule has 1 aromatic rings. The molecule has 0 aromatic heterocycles. The Morgan fingerprint density at radius 3 is 2.00 bits per heavy atom. The molecular weight excluding hydrogens is 316 g/mol. The van der Waals surface area contributed by atoms with Crippen molar-refractivity contribution in [3.05, 3.63) is 47.5 Å². The van der Waals surface area contributed by atoms with Crippen LogP contribution in [-0.4, -0.2) is 5.78 Å². The van der Waals surface area contributed by atoms with E-state index >= 15 is 0 Å². The lowest BCUT2D eigenvalue weighted by Gasteiger charge is -2.03. The van der Waals surface area contributed by atoms with Crippen molar-refractivity contribution in [3.8, 4) is 0 Å². The molecule has 0 amide bonds. The number of benzene rings is 1. The topological polar surface area (TPSA) is 17.1 Å². The third kappa shape index (κ3) is 12.1. The van der Waals surface area contributed by atoms with Crippen molar-refractivity contribution in [1.82, 2.24) is 0 Å². The van der Waals surface area contributed by atoms with Crippen LogP contribution >= 0.6 is 0 Å². The van der Waals surface area contributed by atoms with Crippen LogP contribution in [0, 0.1) is 6.92 Å². The smallest absolute Gasteiger partial charge is 0.162 e. The highest BCUT2D eigenvalue weighted by Crippen LogP contribution is 2.13. The van der Waals surface area contributed by atoms with Gasteiger partial charge in [0.2, 0.25) is 0 Å². The standard InChI is InChI=1S/C25H40O/c1-3-4-5-6-7-8-9-10-11-12-13-14-15-16-17-21-25(26)24-20-18-19-23(2)22-24/h10-11,18-20,22H,3-9,12-17,21H2,1-2H3/b11-10+. The number of hydrogen-bond donors (Lipinski definition) is 0. The molecule has 1 aromatic carbocycles. The third-order valence-electron chi connectivity index (χ3n) is 5.01. The van der Waals surface area contributed by atoms with Gasteiger partial charge in [-0.2, -0.15) is 0 Å². The summed E-state index contributed by atoms with van der Waals surface area (Å²) in [5.41, 5.74) is 2.04. The fourth-order valence-corrected chi connectivity index (χ4v) is 3.32. The largest absolute Gasteiger partial charge is 0.294 e. The van der Waals surface area contributed by atoms with Crippen molar-refractivity contribution < 1.29 is 4.79 Å². The molecule has 0 N–H and O–H groups in total. The minimum absolute atomic E-state index is 0.298. The van der Waals surface area contributed by atoms with E-state index in [-0.39, 0.29) is 0 Å². The average Bonchev–Trinajstić information content (AvgIpc) is 2.64. The van der Waals surface area contributed by atoms with Gasteiger partial charge in [0.05, 0.1) is 0 Å². The van der Waals surface area contributed by atoms with Gasteiger partial charge < -0.3 is 0 Å². The SMILES string of the molecule is CCCCCCCC/C=C/CCCCCCCC(=O)c1cccc(C)c1. The van der Waals surface area contributed by atoms with E-state index in [1.807, 2.05) is 31.2 Å². The first-order chi connectivity index (χ1) is 12.7. The van der Waals surface area contributed by atoms with E-state index in [1.165, 1.54) is 82.6 Å². The first-order valence-corrected chi connectivity index (χ1v) is 11.0. The van der Waals surface area contributed by atoms with Crippen molar-refractivity contribution in [2.24, 2.45) is 0 Å². The molecule has 0 aliphatic heterocycles. The molecule has 0 aliphatic carbocycles. The van der Waals surface area contributed by atoms with Gasteiger partial charge in [0.15, 0.2) is 5.78 Å². The zero-order valence-corrected chi connectivity index (χ0v) is 17.3. The van der Waals surface area contributed by atoms with E-state index < -0.39 is 0 Å². The zero-order chi connectivity index (χ0) is 18.9. The Kier molecular flexibility index (Phi) is 13.8. The van der Waals surface area contributed by atoms with E-state index in [1.54, 1.807) is 0 Å². The maximum atomic E-state index is 12.1. The highest BCUT2D eigenvalue weighted by Gasteiger charge is 2.05. The van der Waals surface area contributed by atoms with Crippen LogP contribution in [0.3, 0.4) is 0 Å². The number of carbonyl (C=O) groups is 1. The first-order valence-electron chi connectivity index (χ1n) is 11.0. The van der Waals surface area contributed by atoms with Gasteiger partial charge in [-0.1, -0.05) is 94.2 Å². The van der Waals surface area contributed by atoms with Crippen molar-refractivity contribution in [3.63, 3.8) is 0 Å². The van der Waals surface area contributed by atoms with Crippen LogP contribution in [0.4, 0.5) is 0 Å². The number of carbonyl (C=O) groups excluding carboxylic acids is 1. The second-order valence-corrected chi connectivity index (χ2v) is 7.63. The molecule has 0 unspecified atom stereocenters. The number of rotatable bonds is 16. The number of hydrogen-bond acceptors (Lipinski definition) is 1. The predicted octanol–water partition coefficient (Wildman–Crippen LogP) is 8.22. The van der Waals surface area contributed by atoms with E-state index in [2.05, 4.69) is 19.1 Å². The van der Waals surface area contributed by atoms with Crippen LogP contribution in [0.2, 0.25) is 0 Å². The van der Waals surface area contributed by atoms with E-state index in [0.29, 0.717) is 12.2 Å². The molecule has 0 aliphatic rings. The number of allylic oxidation sites excluding steroid dienone is 2. The molecule has 0 spiro atoms. The molecule has 0 bridgehead atoms. The number of ketones is 1. The van der Waals surface area contributed by atoms with Gasteiger partial charge in [0, 0.05) is 12.0 Å². The van der Waals surface area contributed by atoms with Gasteiger partial charge in [0.1, 0.15) is 0 Å². The van der Waals surface area contributed by atoms with Crippen LogP contribution in [0.5, 0.6) is 0 Å². The lowest BCUT2D eigenvalue weighted by atomic mass is 10.0. The molecule has 1 nitrogen and oxygen atoms in total. The van der Waals surface area contributed by atoms with Gasteiger partial charge in [-0.05, 0) is 45.1 Å². The summed E-state index contributed by atoms with van der Waals surface area (Å²) in [6.45, 7) is 4.31. The molecule has 146 valence electrons. The van der Waals surface area contributed by atoms with E-state index in [0.717, 1.165) is 12.0 Å². The van der Waals surface area contributed by atoms with Gasteiger partial charge in [-0.3, -0.25) is 4.79 Å². The molecule has 1 heteroatoms. The Hall–Kier alpha value is -1.37. The Balaban J connectivity index is 1.89. The van der Waals surface area contributed by atoms with Gasteiger partial charge in [-0.15, -0.1) is 0 Å². The molecule has 0 fully saturated rings. The monoisotopic (exact) mass is 356 g/mol. The molecule has 1 rings (SSSR count). The van der Waals surface area contributed by atoms with E-state index in [9.17, 15) is 4.79 Å². The van der Waals surface area contributed by atoms with Crippen LogP contribution < -0.4 is 0 Å². The fraction of sp³-hybridized carbons (Fsp3) is 0.640. The number of Topliss-reactive ketones (excluding diaryl/α,β-unsaturated/α-hetero) is 1. The Bertz CT molecular complexity index is 501. The minimum Gasteiger partial charge on any atom is -0.294 e. The lowest BCUT2D eigenvalue weighted by Crippen LogP contribution is -1.99. The molecule has 26 heavy (non-hydrogen) atoms. The van der Waals surface area contributed by atoms with Crippen molar-refractivity contribution >= 4 is 5.78 Å². The Morgan fingerprint density at radius 1 is 0.808 bits per heavy atom. The fourth-order valence-electron chi connectivity index (χ4n) is 3.32. The molecule has 0 atom stereocenters. The highest BCUT2D eigenvalue weighted by atomic mass is 16.1. The molecule has 0 saturated heterocycles. The normalized spacial score (nSPS) is 11.3.